The third-order valence-electron chi connectivity index (χ3n) is 6.21. The Balaban J connectivity index is 0.000000225. The highest BCUT2D eigenvalue weighted by Gasteiger charge is 2.11. The van der Waals surface area contributed by atoms with E-state index in [4.69, 9.17) is 0 Å². The van der Waals surface area contributed by atoms with E-state index in [0.29, 0.717) is 5.92 Å². The predicted molar refractivity (Wildman–Crippen MR) is 137 cm³/mol. The van der Waals surface area contributed by atoms with E-state index in [1.807, 2.05) is 0 Å². The van der Waals surface area contributed by atoms with Gasteiger partial charge in [0.1, 0.15) is 0 Å². The Hall–Kier alpha value is -1.82. The predicted octanol–water partition coefficient (Wildman–Crippen LogP) is 9.74. The standard InChI is InChI=1S/2C10H16.C10H14/c3*1-8(2)10-6-4-9(3)5-7-10/h4,6,8H,5,7H2,1-3H3;4,10H,1,5-7H2,2-3H3;4-8H,1-3H3/t;10-;/m.0./s1. The summed E-state index contributed by atoms with van der Waals surface area (Å²) in [5.41, 5.74) is 8.78. The van der Waals surface area contributed by atoms with Gasteiger partial charge < -0.3 is 0 Å². The molecule has 0 amide bonds. The zero-order chi connectivity index (χ0) is 22.7. The van der Waals surface area contributed by atoms with Crippen LogP contribution in [0.1, 0.15) is 97.6 Å². The van der Waals surface area contributed by atoms with Crippen LogP contribution in [-0.4, -0.2) is 0 Å². The van der Waals surface area contributed by atoms with Crippen LogP contribution < -0.4 is 0 Å². The fourth-order valence-corrected chi connectivity index (χ4v) is 3.60. The van der Waals surface area contributed by atoms with E-state index in [1.165, 1.54) is 54.4 Å². The lowest BCUT2D eigenvalue weighted by molar-refractivity contribution is 0.540. The Kier molecular flexibility index (Phi) is 11.8. The molecule has 0 saturated carbocycles. The summed E-state index contributed by atoms with van der Waals surface area (Å²) in [6, 6.07) is 8.71. The Morgan fingerprint density at radius 3 is 1.87 bits per heavy atom. The van der Waals surface area contributed by atoms with Crippen molar-refractivity contribution in [2.24, 2.45) is 11.8 Å². The molecule has 0 spiro atoms. The first-order valence-electron chi connectivity index (χ1n) is 11.8. The first-order chi connectivity index (χ1) is 14.1. The molecule has 0 aromatic heterocycles. The smallest absolute Gasteiger partial charge is 0.0171 e. The van der Waals surface area contributed by atoms with Gasteiger partial charge >= 0.3 is 0 Å². The van der Waals surface area contributed by atoms with Crippen LogP contribution in [0.2, 0.25) is 0 Å². The second-order valence-electron chi connectivity index (χ2n) is 9.84. The van der Waals surface area contributed by atoms with E-state index in [1.54, 1.807) is 11.1 Å². The van der Waals surface area contributed by atoms with E-state index in [0.717, 1.165) is 11.8 Å². The highest BCUT2D eigenvalue weighted by atomic mass is 14.2. The number of hydrogen-bond donors (Lipinski definition) is 0. The molecular weight excluding hydrogens is 360 g/mol. The Morgan fingerprint density at radius 2 is 1.47 bits per heavy atom. The van der Waals surface area contributed by atoms with Crippen LogP contribution in [0.25, 0.3) is 0 Å². The Morgan fingerprint density at radius 1 is 0.833 bits per heavy atom. The lowest BCUT2D eigenvalue weighted by atomic mass is 9.86. The fraction of sp³-hybridized carbons (Fsp3) is 0.533. The molecule has 0 heteroatoms. The number of benzene rings is 1. The Labute approximate surface area is 187 Å². The van der Waals surface area contributed by atoms with Crippen molar-refractivity contribution in [1.29, 1.82) is 0 Å². The van der Waals surface area contributed by atoms with E-state index in [-0.39, 0.29) is 0 Å². The second kappa shape index (κ2) is 13.5. The molecule has 0 heterocycles. The molecule has 3 rings (SSSR count). The molecule has 0 saturated heterocycles. The van der Waals surface area contributed by atoms with E-state index >= 15 is 0 Å². The zero-order valence-corrected chi connectivity index (χ0v) is 21.0. The molecule has 2 aliphatic rings. The van der Waals surface area contributed by atoms with Crippen LogP contribution >= 0.6 is 0 Å². The first-order valence-corrected chi connectivity index (χ1v) is 11.8. The maximum absolute atomic E-state index is 3.97. The van der Waals surface area contributed by atoms with Gasteiger partial charge in [0.2, 0.25) is 0 Å². The molecule has 2 aliphatic carbocycles. The summed E-state index contributed by atoms with van der Waals surface area (Å²) in [6.07, 6.45) is 13.2. The van der Waals surface area contributed by atoms with Crippen molar-refractivity contribution >= 4 is 0 Å². The second-order valence-corrected chi connectivity index (χ2v) is 9.84. The van der Waals surface area contributed by atoms with Gasteiger partial charge in [-0.05, 0) is 83.1 Å². The highest BCUT2D eigenvalue weighted by molar-refractivity contribution is 5.24. The third kappa shape index (κ3) is 10.3. The van der Waals surface area contributed by atoms with Crippen molar-refractivity contribution in [3.63, 3.8) is 0 Å². The molecule has 0 nitrogen and oxygen atoms in total. The first kappa shape index (κ1) is 26.2. The van der Waals surface area contributed by atoms with Crippen molar-refractivity contribution in [3.05, 3.63) is 82.5 Å². The molecule has 0 bridgehead atoms. The molecule has 1 atom stereocenters. The average molecular weight is 407 g/mol. The van der Waals surface area contributed by atoms with Crippen molar-refractivity contribution in [1.82, 2.24) is 0 Å². The van der Waals surface area contributed by atoms with Crippen LogP contribution in [0.5, 0.6) is 0 Å². The van der Waals surface area contributed by atoms with Gasteiger partial charge in [0.05, 0.1) is 0 Å². The number of allylic oxidation sites excluding steroid dienone is 7. The summed E-state index contributed by atoms with van der Waals surface area (Å²) in [4.78, 5) is 0. The minimum atomic E-state index is 0.653. The van der Waals surface area contributed by atoms with Crippen LogP contribution in [-0.2, 0) is 0 Å². The number of rotatable bonds is 3. The van der Waals surface area contributed by atoms with E-state index in [9.17, 15) is 0 Å². The fourth-order valence-electron chi connectivity index (χ4n) is 3.60. The van der Waals surface area contributed by atoms with E-state index in [2.05, 4.69) is 104 Å². The molecule has 0 fully saturated rings. The minimum absolute atomic E-state index is 0.653. The maximum Gasteiger partial charge on any atom is -0.0171 e. The van der Waals surface area contributed by atoms with Gasteiger partial charge in [0.15, 0.2) is 0 Å². The minimum Gasteiger partial charge on any atom is -0.0998 e. The molecule has 0 radical (unpaired) electrons. The molecule has 30 heavy (non-hydrogen) atoms. The summed E-state index contributed by atoms with van der Waals surface area (Å²) in [7, 11) is 0. The van der Waals surface area contributed by atoms with Crippen LogP contribution in [0.15, 0.2) is 71.4 Å². The topological polar surface area (TPSA) is 0 Å². The normalized spacial score (nSPS) is 18.3. The number of aryl methyl sites for hydroxylation is 1. The summed E-state index contributed by atoms with van der Waals surface area (Å²) >= 11 is 0. The molecule has 0 unspecified atom stereocenters. The molecule has 1 aromatic carbocycles. The molecular formula is C30H46. The molecule has 0 aliphatic heterocycles. The summed E-state index contributed by atoms with van der Waals surface area (Å²) < 4.78 is 0. The van der Waals surface area contributed by atoms with Gasteiger partial charge in [-0.15, -0.1) is 0 Å². The largest absolute Gasteiger partial charge is 0.0998 e. The summed E-state index contributed by atoms with van der Waals surface area (Å²) in [5, 5.41) is 0. The molecule has 166 valence electrons. The lowest BCUT2D eigenvalue weighted by Gasteiger charge is -2.19. The van der Waals surface area contributed by atoms with Crippen molar-refractivity contribution in [3.8, 4) is 0 Å². The molecule has 0 N–H and O–H groups in total. The van der Waals surface area contributed by atoms with Crippen molar-refractivity contribution in [2.45, 2.75) is 93.4 Å². The van der Waals surface area contributed by atoms with Gasteiger partial charge in [0.25, 0.3) is 0 Å². The van der Waals surface area contributed by atoms with Crippen LogP contribution in [0.3, 0.4) is 0 Å². The number of hydrogen-bond acceptors (Lipinski definition) is 0. The zero-order valence-electron chi connectivity index (χ0n) is 21.0. The average Bonchev–Trinajstić information content (AvgIpc) is 2.70. The van der Waals surface area contributed by atoms with Crippen molar-refractivity contribution in [2.75, 3.05) is 0 Å². The lowest BCUT2D eigenvalue weighted by Crippen LogP contribution is -2.04. The van der Waals surface area contributed by atoms with Gasteiger partial charge in [-0.25, -0.2) is 0 Å². The summed E-state index contributed by atoms with van der Waals surface area (Å²) in [6.45, 7) is 21.6. The van der Waals surface area contributed by atoms with Crippen LogP contribution in [0, 0.1) is 18.8 Å². The van der Waals surface area contributed by atoms with Crippen LogP contribution in [0.4, 0.5) is 0 Å². The quantitative estimate of drug-likeness (QED) is 0.438. The van der Waals surface area contributed by atoms with Gasteiger partial charge in [-0.1, -0.05) is 105 Å². The highest BCUT2D eigenvalue weighted by Crippen LogP contribution is 2.27. The van der Waals surface area contributed by atoms with Crippen molar-refractivity contribution < 1.29 is 0 Å². The SMILES string of the molecule is C=C(C)[C@H]1CC=C(C)CC1.CC1=CC=C(C(C)C)CC1.Cc1ccc(C(C)C)cc1. The summed E-state index contributed by atoms with van der Waals surface area (Å²) in [5.74, 6) is 2.16. The Bertz CT molecular complexity index is 735. The van der Waals surface area contributed by atoms with Gasteiger partial charge in [-0.2, -0.15) is 0 Å². The third-order valence-corrected chi connectivity index (χ3v) is 6.21. The van der Waals surface area contributed by atoms with Gasteiger partial charge in [-0.3, -0.25) is 0 Å². The van der Waals surface area contributed by atoms with E-state index < -0.39 is 0 Å². The van der Waals surface area contributed by atoms with Gasteiger partial charge in [0, 0.05) is 0 Å². The molecule has 1 aromatic rings. The monoisotopic (exact) mass is 406 g/mol. The maximum atomic E-state index is 3.97.